The van der Waals surface area contributed by atoms with Gasteiger partial charge in [0.2, 0.25) is 5.95 Å². The van der Waals surface area contributed by atoms with Crippen molar-refractivity contribution in [2.75, 3.05) is 10.6 Å². The number of benzene rings is 2. The summed E-state index contributed by atoms with van der Waals surface area (Å²) in [6.45, 7) is 1.88. The summed E-state index contributed by atoms with van der Waals surface area (Å²) in [4.78, 5) is 20.4. The first-order chi connectivity index (χ1) is 12.4. The van der Waals surface area contributed by atoms with Crippen LogP contribution in [0.4, 0.5) is 21.7 Å². The summed E-state index contributed by atoms with van der Waals surface area (Å²) in [6.07, 6.45) is 2.76. The SMILES string of the molecule is Cc1ccc(NC(=O)c2cnc(Nc3ccc(F)c(Cl)c3)nc2)cc1Cl. The number of anilines is 3. The summed E-state index contributed by atoms with van der Waals surface area (Å²) >= 11 is 11.8. The molecule has 0 atom stereocenters. The van der Waals surface area contributed by atoms with Gasteiger partial charge < -0.3 is 10.6 Å². The quantitative estimate of drug-likeness (QED) is 0.640. The molecule has 1 aromatic heterocycles. The van der Waals surface area contributed by atoms with Crippen molar-refractivity contribution in [2.45, 2.75) is 6.92 Å². The van der Waals surface area contributed by atoms with Gasteiger partial charge in [-0.2, -0.15) is 0 Å². The molecule has 0 bridgehead atoms. The van der Waals surface area contributed by atoms with Crippen LogP contribution in [-0.2, 0) is 0 Å². The number of nitrogens with one attached hydrogen (secondary N) is 2. The summed E-state index contributed by atoms with van der Waals surface area (Å²) in [7, 11) is 0. The van der Waals surface area contributed by atoms with Crippen molar-refractivity contribution in [1.82, 2.24) is 9.97 Å². The molecule has 0 unspecified atom stereocenters. The second-order valence-corrected chi connectivity index (χ2v) is 6.28. The lowest BCUT2D eigenvalue weighted by Crippen LogP contribution is -2.13. The van der Waals surface area contributed by atoms with Crippen LogP contribution in [0, 0.1) is 12.7 Å². The van der Waals surface area contributed by atoms with E-state index >= 15 is 0 Å². The Morgan fingerprint density at radius 2 is 1.65 bits per heavy atom. The van der Waals surface area contributed by atoms with Crippen molar-refractivity contribution in [3.05, 3.63) is 75.8 Å². The highest BCUT2D eigenvalue weighted by Gasteiger charge is 2.09. The van der Waals surface area contributed by atoms with Crippen LogP contribution in [0.2, 0.25) is 10.0 Å². The average Bonchev–Trinajstić information content (AvgIpc) is 2.62. The molecular formula is C18H13Cl2FN4O. The highest BCUT2D eigenvalue weighted by Crippen LogP contribution is 2.22. The predicted molar refractivity (Wildman–Crippen MR) is 101 cm³/mol. The van der Waals surface area contributed by atoms with Crippen LogP contribution in [0.25, 0.3) is 0 Å². The third-order valence-corrected chi connectivity index (χ3v) is 4.22. The van der Waals surface area contributed by atoms with E-state index in [1.54, 1.807) is 12.1 Å². The van der Waals surface area contributed by atoms with Crippen molar-refractivity contribution >= 4 is 46.4 Å². The second-order valence-electron chi connectivity index (χ2n) is 5.47. The van der Waals surface area contributed by atoms with E-state index in [0.717, 1.165) is 5.56 Å². The normalized spacial score (nSPS) is 10.5. The van der Waals surface area contributed by atoms with Gasteiger partial charge >= 0.3 is 0 Å². The minimum absolute atomic E-state index is 0.0113. The van der Waals surface area contributed by atoms with E-state index in [9.17, 15) is 9.18 Å². The van der Waals surface area contributed by atoms with Crippen LogP contribution in [0.1, 0.15) is 15.9 Å². The second kappa shape index (κ2) is 7.68. The summed E-state index contributed by atoms with van der Waals surface area (Å²) in [6, 6.07) is 9.40. The van der Waals surface area contributed by atoms with Gasteiger partial charge in [0.15, 0.2) is 0 Å². The molecule has 0 aliphatic carbocycles. The number of hydrogen-bond acceptors (Lipinski definition) is 4. The van der Waals surface area contributed by atoms with Gasteiger partial charge in [0.05, 0.1) is 10.6 Å². The molecule has 0 saturated heterocycles. The molecule has 2 aromatic carbocycles. The molecule has 1 amide bonds. The minimum Gasteiger partial charge on any atom is -0.324 e. The molecule has 3 aromatic rings. The number of carbonyl (C=O) groups is 1. The van der Waals surface area contributed by atoms with Gasteiger partial charge in [0, 0.05) is 28.8 Å². The van der Waals surface area contributed by atoms with Crippen LogP contribution in [-0.4, -0.2) is 15.9 Å². The van der Waals surface area contributed by atoms with Gasteiger partial charge in [-0.1, -0.05) is 29.3 Å². The fourth-order valence-electron chi connectivity index (χ4n) is 2.09. The van der Waals surface area contributed by atoms with Crippen molar-refractivity contribution in [2.24, 2.45) is 0 Å². The number of amides is 1. The largest absolute Gasteiger partial charge is 0.324 e. The molecule has 26 heavy (non-hydrogen) atoms. The van der Waals surface area contributed by atoms with Crippen molar-refractivity contribution in [1.29, 1.82) is 0 Å². The topological polar surface area (TPSA) is 66.9 Å². The van der Waals surface area contributed by atoms with Gasteiger partial charge in [-0.15, -0.1) is 0 Å². The van der Waals surface area contributed by atoms with Crippen LogP contribution in [0.3, 0.4) is 0 Å². The number of carbonyl (C=O) groups excluding carboxylic acids is 1. The first-order valence-electron chi connectivity index (χ1n) is 7.54. The van der Waals surface area contributed by atoms with E-state index in [4.69, 9.17) is 23.2 Å². The first-order valence-corrected chi connectivity index (χ1v) is 8.29. The molecule has 3 rings (SSSR count). The van der Waals surface area contributed by atoms with E-state index in [0.29, 0.717) is 16.4 Å². The van der Waals surface area contributed by atoms with E-state index in [-0.39, 0.29) is 22.4 Å². The Morgan fingerprint density at radius 3 is 2.31 bits per heavy atom. The fourth-order valence-corrected chi connectivity index (χ4v) is 2.45. The van der Waals surface area contributed by atoms with Crippen molar-refractivity contribution < 1.29 is 9.18 Å². The molecule has 0 fully saturated rings. The Labute approximate surface area is 159 Å². The molecule has 0 spiro atoms. The highest BCUT2D eigenvalue weighted by atomic mass is 35.5. The molecule has 1 heterocycles. The number of nitrogens with zero attached hydrogens (tertiary/aromatic N) is 2. The standard InChI is InChI=1S/C18H13Cl2FN4O/c1-10-2-3-12(6-14(10)19)24-17(26)11-8-22-18(23-9-11)25-13-4-5-16(21)15(20)7-13/h2-9H,1H3,(H,24,26)(H,22,23,25). The zero-order chi connectivity index (χ0) is 18.7. The average molecular weight is 391 g/mol. The monoisotopic (exact) mass is 390 g/mol. The zero-order valence-electron chi connectivity index (χ0n) is 13.6. The smallest absolute Gasteiger partial charge is 0.258 e. The predicted octanol–water partition coefficient (Wildman–Crippen LogP) is 5.23. The third-order valence-electron chi connectivity index (χ3n) is 3.52. The molecule has 5 nitrogen and oxygen atoms in total. The van der Waals surface area contributed by atoms with Crippen molar-refractivity contribution in [3.8, 4) is 0 Å². The molecule has 0 radical (unpaired) electrons. The van der Waals surface area contributed by atoms with Crippen LogP contribution in [0.5, 0.6) is 0 Å². The van der Waals surface area contributed by atoms with E-state index < -0.39 is 5.82 Å². The Balaban J connectivity index is 1.69. The molecule has 132 valence electrons. The third kappa shape index (κ3) is 4.28. The Kier molecular flexibility index (Phi) is 5.35. The number of rotatable bonds is 4. The molecule has 2 N–H and O–H groups in total. The summed E-state index contributed by atoms with van der Waals surface area (Å²) in [5.74, 6) is -0.620. The Morgan fingerprint density at radius 1 is 1.00 bits per heavy atom. The molecule has 0 saturated carbocycles. The number of aryl methyl sites for hydroxylation is 1. The lowest BCUT2D eigenvalue weighted by molar-refractivity contribution is 0.102. The summed E-state index contributed by atoms with van der Waals surface area (Å²) in [5.41, 5.74) is 2.31. The highest BCUT2D eigenvalue weighted by molar-refractivity contribution is 6.31. The Bertz CT molecular complexity index is 964. The molecule has 0 aliphatic rings. The maximum Gasteiger partial charge on any atom is 0.258 e. The van der Waals surface area contributed by atoms with Gasteiger partial charge in [-0.25, -0.2) is 14.4 Å². The lowest BCUT2D eigenvalue weighted by Gasteiger charge is -2.08. The van der Waals surface area contributed by atoms with E-state index in [1.807, 2.05) is 13.0 Å². The van der Waals surface area contributed by atoms with Gasteiger partial charge in [-0.05, 0) is 42.8 Å². The van der Waals surface area contributed by atoms with Gasteiger partial charge in [0.25, 0.3) is 5.91 Å². The molecule has 8 heteroatoms. The maximum atomic E-state index is 13.2. The molecular weight excluding hydrogens is 378 g/mol. The van der Waals surface area contributed by atoms with Crippen molar-refractivity contribution in [3.63, 3.8) is 0 Å². The zero-order valence-corrected chi connectivity index (χ0v) is 15.1. The van der Waals surface area contributed by atoms with E-state index in [1.165, 1.54) is 30.6 Å². The summed E-state index contributed by atoms with van der Waals surface area (Å²) in [5, 5.41) is 6.16. The fraction of sp³-hybridized carbons (Fsp3) is 0.0556. The van der Waals surface area contributed by atoms with Gasteiger partial charge in [-0.3, -0.25) is 4.79 Å². The molecule has 0 aliphatic heterocycles. The maximum absolute atomic E-state index is 13.2. The number of halogens is 3. The first kappa shape index (κ1) is 18.1. The van der Waals surface area contributed by atoms with Crippen LogP contribution >= 0.6 is 23.2 Å². The Hall–Kier alpha value is -2.70. The van der Waals surface area contributed by atoms with Crippen LogP contribution in [0.15, 0.2) is 48.8 Å². The van der Waals surface area contributed by atoms with Crippen LogP contribution < -0.4 is 10.6 Å². The summed E-state index contributed by atoms with van der Waals surface area (Å²) < 4.78 is 13.2. The van der Waals surface area contributed by atoms with E-state index in [2.05, 4.69) is 20.6 Å². The minimum atomic E-state index is -0.513. The van der Waals surface area contributed by atoms with Gasteiger partial charge in [0.1, 0.15) is 5.82 Å². The number of hydrogen-bond donors (Lipinski definition) is 2. The lowest BCUT2D eigenvalue weighted by atomic mass is 10.2. The number of aromatic nitrogens is 2.